The highest BCUT2D eigenvalue weighted by molar-refractivity contribution is 6.30. The second-order valence-electron chi connectivity index (χ2n) is 6.20. The molecule has 4 N–H and O–H groups in total. The van der Waals surface area contributed by atoms with E-state index >= 15 is 0 Å². The van der Waals surface area contributed by atoms with Gasteiger partial charge in [-0.1, -0.05) is 48.0 Å². The lowest BCUT2D eigenvalue weighted by Crippen LogP contribution is -2.30. The lowest BCUT2D eigenvalue weighted by Gasteiger charge is -2.21. The van der Waals surface area contributed by atoms with Crippen LogP contribution in [0.2, 0.25) is 5.02 Å². The van der Waals surface area contributed by atoms with Gasteiger partial charge in [-0.25, -0.2) is 4.79 Å². The van der Waals surface area contributed by atoms with Crippen molar-refractivity contribution in [3.05, 3.63) is 70.2 Å². The monoisotopic (exact) mass is 407 g/mol. The Morgan fingerprint density at radius 3 is 2.50 bits per heavy atom. The molecule has 0 aliphatic heterocycles. The number of carbonyl (C=O) groups excluding carboxylic acids is 1. The summed E-state index contributed by atoms with van der Waals surface area (Å²) in [6.07, 6.45) is -3.43. The van der Waals surface area contributed by atoms with E-state index in [1.54, 1.807) is 0 Å². The van der Waals surface area contributed by atoms with Crippen molar-refractivity contribution in [3.8, 4) is 0 Å². The number of carboxylic acid groups (broad SMARTS) is 1. The van der Waals surface area contributed by atoms with Crippen LogP contribution in [0.1, 0.15) is 29.2 Å². The van der Waals surface area contributed by atoms with E-state index in [0.29, 0.717) is 10.6 Å². The van der Waals surface area contributed by atoms with Gasteiger partial charge in [0.25, 0.3) is 0 Å². The zero-order valence-corrected chi connectivity index (χ0v) is 15.8. The number of hydrogen-bond donors (Lipinski definition) is 4. The Bertz CT molecular complexity index is 799. The Hall–Kier alpha value is -2.61. The molecule has 0 saturated heterocycles. The van der Waals surface area contributed by atoms with Crippen LogP contribution in [0.25, 0.3) is 0 Å². The van der Waals surface area contributed by atoms with Gasteiger partial charge >= 0.3 is 12.1 Å². The standard InChI is InChI=1S/C20H22ClNO6/c21-15-6-7-16(14(10-15)11-18(24)25)19(26)17(23)8-9-22-20(27)28-12-13-4-2-1-3-5-13/h1-7,10,17,19,23,26H,8-9,11-12H2,(H,22,27)(H,24,25). The molecule has 0 saturated carbocycles. The predicted octanol–water partition coefficient (Wildman–Crippen LogP) is 2.68. The fraction of sp³-hybridized carbons (Fsp3) is 0.300. The summed E-state index contributed by atoms with van der Waals surface area (Å²) in [5.74, 6) is -1.08. The molecule has 0 aliphatic rings. The maximum atomic E-state index is 11.7. The van der Waals surface area contributed by atoms with Crippen molar-refractivity contribution in [2.75, 3.05) is 6.54 Å². The number of carboxylic acids is 1. The van der Waals surface area contributed by atoms with Crippen molar-refractivity contribution in [3.63, 3.8) is 0 Å². The molecule has 1 amide bonds. The highest BCUT2D eigenvalue weighted by Crippen LogP contribution is 2.26. The second-order valence-corrected chi connectivity index (χ2v) is 6.64. The third-order valence-corrected chi connectivity index (χ3v) is 4.29. The molecule has 2 unspecified atom stereocenters. The molecular weight excluding hydrogens is 386 g/mol. The fourth-order valence-electron chi connectivity index (χ4n) is 2.64. The minimum absolute atomic E-state index is 0.0523. The molecule has 2 aromatic carbocycles. The summed E-state index contributed by atoms with van der Waals surface area (Å²) in [7, 11) is 0. The quantitative estimate of drug-likeness (QED) is 0.508. The van der Waals surface area contributed by atoms with Gasteiger partial charge in [-0.15, -0.1) is 0 Å². The number of amides is 1. The number of halogens is 1. The Kier molecular flexibility index (Phi) is 8.25. The van der Waals surface area contributed by atoms with E-state index in [0.717, 1.165) is 5.56 Å². The number of hydrogen-bond acceptors (Lipinski definition) is 5. The van der Waals surface area contributed by atoms with Gasteiger partial charge in [0.2, 0.25) is 0 Å². The number of aliphatic carboxylic acids is 1. The summed E-state index contributed by atoms with van der Waals surface area (Å²) in [6, 6.07) is 13.6. The molecule has 150 valence electrons. The van der Waals surface area contributed by atoms with Crippen LogP contribution in [-0.4, -0.2) is 40.0 Å². The van der Waals surface area contributed by atoms with Crippen LogP contribution in [0.15, 0.2) is 48.5 Å². The third kappa shape index (κ3) is 6.84. The predicted molar refractivity (Wildman–Crippen MR) is 103 cm³/mol. The molecule has 2 atom stereocenters. The molecule has 0 radical (unpaired) electrons. The van der Waals surface area contributed by atoms with Crippen LogP contribution in [0.3, 0.4) is 0 Å². The Morgan fingerprint density at radius 2 is 1.82 bits per heavy atom. The van der Waals surface area contributed by atoms with Crippen LogP contribution in [0.5, 0.6) is 0 Å². The summed E-state index contributed by atoms with van der Waals surface area (Å²) < 4.78 is 5.06. The van der Waals surface area contributed by atoms with E-state index in [1.165, 1.54) is 18.2 Å². The number of aliphatic hydroxyl groups is 2. The van der Waals surface area contributed by atoms with Gasteiger partial charge in [-0.3, -0.25) is 4.79 Å². The Labute approximate surface area is 167 Å². The van der Waals surface area contributed by atoms with E-state index in [-0.39, 0.29) is 31.6 Å². The summed E-state index contributed by atoms with van der Waals surface area (Å²) in [4.78, 5) is 22.7. The van der Waals surface area contributed by atoms with Crippen molar-refractivity contribution >= 4 is 23.7 Å². The van der Waals surface area contributed by atoms with Gasteiger partial charge in [0.05, 0.1) is 12.5 Å². The van der Waals surface area contributed by atoms with Crippen molar-refractivity contribution in [2.24, 2.45) is 0 Å². The SMILES string of the molecule is O=C(O)Cc1cc(Cl)ccc1C(O)C(O)CCNC(=O)OCc1ccccc1. The van der Waals surface area contributed by atoms with Gasteiger partial charge in [0.1, 0.15) is 12.7 Å². The van der Waals surface area contributed by atoms with E-state index < -0.39 is 24.3 Å². The molecule has 0 bridgehead atoms. The molecule has 7 nitrogen and oxygen atoms in total. The molecule has 0 aromatic heterocycles. The molecule has 0 aliphatic carbocycles. The van der Waals surface area contributed by atoms with Gasteiger partial charge in [-0.05, 0) is 35.2 Å². The first-order valence-electron chi connectivity index (χ1n) is 8.67. The van der Waals surface area contributed by atoms with E-state index in [2.05, 4.69) is 5.32 Å². The summed E-state index contributed by atoms with van der Waals surface area (Å²) in [5, 5.41) is 32.4. The molecule has 28 heavy (non-hydrogen) atoms. The summed E-state index contributed by atoms with van der Waals surface area (Å²) in [5.41, 5.74) is 1.45. The van der Waals surface area contributed by atoms with Gasteiger partial charge in [-0.2, -0.15) is 0 Å². The van der Waals surface area contributed by atoms with Gasteiger partial charge < -0.3 is 25.4 Å². The van der Waals surface area contributed by atoms with Crippen molar-refractivity contribution < 1.29 is 29.6 Å². The first kappa shape index (κ1) is 21.7. The molecule has 2 aromatic rings. The number of benzene rings is 2. The summed E-state index contributed by atoms with van der Waals surface area (Å²) in [6.45, 7) is 0.203. The lowest BCUT2D eigenvalue weighted by molar-refractivity contribution is -0.136. The highest BCUT2D eigenvalue weighted by atomic mass is 35.5. The molecule has 2 rings (SSSR count). The highest BCUT2D eigenvalue weighted by Gasteiger charge is 2.22. The minimum Gasteiger partial charge on any atom is -0.481 e. The first-order valence-corrected chi connectivity index (χ1v) is 9.05. The number of carbonyl (C=O) groups is 2. The topological polar surface area (TPSA) is 116 Å². The molecular formula is C20H22ClNO6. The number of rotatable bonds is 9. The zero-order chi connectivity index (χ0) is 20.5. The minimum atomic E-state index is -1.31. The van der Waals surface area contributed by atoms with Crippen molar-refractivity contribution in [2.45, 2.75) is 31.7 Å². The number of nitrogens with one attached hydrogen (secondary N) is 1. The van der Waals surface area contributed by atoms with Gasteiger partial charge in [0, 0.05) is 11.6 Å². The second kappa shape index (κ2) is 10.7. The fourth-order valence-corrected chi connectivity index (χ4v) is 2.83. The van der Waals surface area contributed by atoms with Crippen molar-refractivity contribution in [1.29, 1.82) is 0 Å². The third-order valence-electron chi connectivity index (χ3n) is 4.05. The average Bonchev–Trinajstić information content (AvgIpc) is 2.66. The van der Waals surface area contributed by atoms with Crippen molar-refractivity contribution in [1.82, 2.24) is 5.32 Å². The van der Waals surface area contributed by atoms with Gasteiger partial charge in [0.15, 0.2) is 0 Å². The molecule has 0 spiro atoms. The van der Waals surface area contributed by atoms with Crippen LogP contribution in [0, 0.1) is 0 Å². The smallest absolute Gasteiger partial charge is 0.407 e. The van der Waals surface area contributed by atoms with E-state index in [4.69, 9.17) is 21.4 Å². The molecule has 0 fully saturated rings. The normalized spacial score (nSPS) is 12.8. The number of ether oxygens (including phenoxy) is 1. The lowest BCUT2D eigenvalue weighted by atomic mass is 9.95. The number of alkyl carbamates (subject to hydrolysis) is 1. The molecule has 0 heterocycles. The largest absolute Gasteiger partial charge is 0.481 e. The Morgan fingerprint density at radius 1 is 1.11 bits per heavy atom. The van der Waals surface area contributed by atoms with E-state index in [9.17, 15) is 19.8 Å². The molecule has 8 heteroatoms. The van der Waals surface area contributed by atoms with Crippen LogP contribution < -0.4 is 5.32 Å². The zero-order valence-electron chi connectivity index (χ0n) is 15.0. The maximum absolute atomic E-state index is 11.7. The number of aliphatic hydroxyl groups excluding tert-OH is 2. The van der Waals surface area contributed by atoms with Crippen LogP contribution in [-0.2, 0) is 22.6 Å². The Balaban J connectivity index is 1.83. The van der Waals surface area contributed by atoms with E-state index in [1.807, 2.05) is 30.3 Å². The first-order chi connectivity index (χ1) is 13.4. The van der Waals surface area contributed by atoms with Crippen LogP contribution in [0.4, 0.5) is 4.79 Å². The summed E-state index contributed by atoms with van der Waals surface area (Å²) >= 11 is 5.88. The maximum Gasteiger partial charge on any atom is 0.407 e. The average molecular weight is 408 g/mol. The van der Waals surface area contributed by atoms with Crippen LogP contribution >= 0.6 is 11.6 Å².